The number of carbonyl (C=O) groups is 1. The summed E-state index contributed by atoms with van der Waals surface area (Å²) in [7, 11) is 0. The maximum absolute atomic E-state index is 13.6. The Kier molecular flexibility index (Phi) is 6.42. The standard InChI is InChI=1S/C27H31F3N4O/c1-5-26(6-2,19-12-14-20(15-13-19)27(28,29)30)33-24(35)21-17-31-34-23(21)32-22(16-25(34,3)4)18-10-8-7-9-11-18/h7-15,17,22,32H,5-6,16H2,1-4H3,(H,33,35)/t22-/m0/s1. The van der Waals surface area contributed by atoms with Crippen molar-refractivity contribution < 1.29 is 18.0 Å². The van der Waals surface area contributed by atoms with Crippen LogP contribution in [0.25, 0.3) is 0 Å². The number of rotatable bonds is 6. The summed E-state index contributed by atoms with van der Waals surface area (Å²) in [5.41, 5.74) is 0.342. The zero-order valence-electron chi connectivity index (χ0n) is 20.4. The number of hydrogen-bond acceptors (Lipinski definition) is 3. The van der Waals surface area contributed by atoms with Gasteiger partial charge in [0.25, 0.3) is 5.91 Å². The van der Waals surface area contributed by atoms with E-state index >= 15 is 0 Å². The van der Waals surface area contributed by atoms with Gasteiger partial charge in [-0.25, -0.2) is 4.68 Å². The number of amides is 1. The molecule has 8 heteroatoms. The number of aromatic nitrogens is 2. The third-order valence-electron chi connectivity index (χ3n) is 7.13. The zero-order valence-corrected chi connectivity index (χ0v) is 20.4. The Labute approximate surface area is 203 Å². The quantitative estimate of drug-likeness (QED) is 0.412. The van der Waals surface area contributed by atoms with E-state index in [1.165, 1.54) is 12.1 Å². The van der Waals surface area contributed by atoms with Crippen LogP contribution in [0.4, 0.5) is 19.0 Å². The van der Waals surface area contributed by atoms with E-state index in [9.17, 15) is 18.0 Å². The van der Waals surface area contributed by atoms with Gasteiger partial charge in [-0.3, -0.25) is 4.79 Å². The molecule has 5 nitrogen and oxygen atoms in total. The molecule has 3 aromatic rings. The number of halogens is 3. The fraction of sp³-hybridized carbons (Fsp3) is 0.407. The Hall–Kier alpha value is -3.29. The van der Waals surface area contributed by atoms with E-state index in [1.807, 2.05) is 36.7 Å². The van der Waals surface area contributed by atoms with Crippen LogP contribution in [-0.2, 0) is 17.3 Å². The summed E-state index contributed by atoms with van der Waals surface area (Å²) in [6, 6.07) is 15.1. The molecule has 0 radical (unpaired) electrons. The second-order valence-electron chi connectivity index (χ2n) is 9.76. The maximum atomic E-state index is 13.6. The smallest absolute Gasteiger partial charge is 0.363 e. The lowest BCUT2D eigenvalue weighted by Crippen LogP contribution is -2.45. The van der Waals surface area contributed by atoms with Gasteiger partial charge >= 0.3 is 6.18 Å². The van der Waals surface area contributed by atoms with Crippen LogP contribution in [0.2, 0.25) is 0 Å². The van der Waals surface area contributed by atoms with Gasteiger partial charge in [-0.05, 0) is 56.4 Å². The molecule has 35 heavy (non-hydrogen) atoms. The van der Waals surface area contributed by atoms with E-state index in [0.29, 0.717) is 29.8 Å². The third kappa shape index (κ3) is 4.66. The summed E-state index contributed by atoms with van der Waals surface area (Å²) in [5, 5.41) is 11.1. The molecule has 4 rings (SSSR count). The number of carbonyl (C=O) groups excluding carboxylic acids is 1. The molecule has 0 fully saturated rings. The molecular formula is C27H31F3N4O. The van der Waals surface area contributed by atoms with Gasteiger partial charge < -0.3 is 10.6 Å². The summed E-state index contributed by atoms with van der Waals surface area (Å²) in [6.07, 6.45) is -0.999. The van der Waals surface area contributed by atoms with E-state index in [4.69, 9.17) is 0 Å². The molecule has 0 spiro atoms. The first-order chi connectivity index (χ1) is 16.5. The van der Waals surface area contributed by atoms with Gasteiger partial charge in [0.15, 0.2) is 0 Å². The van der Waals surface area contributed by atoms with Gasteiger partial charge in [-0.1, -0.05) is 56.3 Å². The molecular weight excluding hydrogens is 453 g/mol. The lowest BCUT2D eigenvalue weighted by Gasteiger charge is -2.38. The SMILES string of the molecule is CCC(CC)(NC(=O)c1cnn2c1N[C@H](c1ccccc1)CC2(C)C)c1ccc(C(F)(F)F)cc1. The highest BCUT2D eigenvalue weighted by molar-refractivity contribution is 5.99. The lowest BCUT2D eigenvalue weighted by molar-refractivity contribution is -0.137. The summed E-state index contributed by atoms with van der Waals surface area (Å²) >= 11 is 0. The van der Waals surface area contributed by atoms with Crippen molar-refractivity contribution in [2.45, 2.75) is 70.3 Å². The van der Waals surface area contributed by atoms with Crippen molar-refractivity contribution >= 4 is 11.7 Å². The van der Waals surface area contributed by atoms with Gasteiger partial charge in [0, 0.05) is 0 Å². The molecule has 0 aliphatic carbocycles. The van der Waals surface area contributed by atoms with Crippen LogP contribution in [0.3, 0.4) is 0 Å². The van der Waals surface area contributed by atoms with Crippen LogP contribution in [0.15, 0.2) is 60.8 Å². The second kappa shape index (κ2) is 9.06. The van der Waals surface area contributed by atoms with Crippen molar-refractivity contribution in [3.05, 3.63) is 83.0 Å². The summed E-state index contributed by atoms with van der Waals surface area (Å²) in [6.45, 7) is 8.02. The van der Waals surface area contributed by atoms with Gasteiger partial charge in [-0.2, -0.15) is 18.3 Å². The third-order valence-corrected chi connectivity index (χ3v) is 7.13. The fourth-order valence-corrected chi connectivity index (χ4v) is 4.97. The Bertz CT molecular complexity index is 1180. The Morgan fingerprint density at radius 2 is 1.66 bits per heavy atom. The molecule has 1 atom stereocenters. The topological polar surface area (TPSA) is 59.0 Å². The number of alkyl halides is 3. The predicted molar refractivity (Wildman–Crippen MR) is 130 cm³/mol. The Morgan fingerprint density at radius 1 is 1.06 bits per heavy atom. The summed E-state index contributed by atoms with van der Waals surface area (Å²) < 4.78 is 41.0. The maximum Gasteiger partial charge on any atom is 0.416 e. The molecule has 0 unspecified atom stereocenters. The first-order valence-corrected chi connectivity index (χ1v) is 11.9. The number of benzene rings is 2. The van der Waals surface area contributed by atoms with Crippen molar-refractivity contribution in [2.75, 3.05) is 5.32 Å². The van der Waals surface area contributed by atoms with Gasteiger partial charge in [-0.15, -0.1) is 0 Å². The molecule has 0 saturated carbocycles. The van der Waals surface area contributed by atoms with Crippen molar-refractivity contribution in [3.63, 3.8) is 0 Å². The molecule has 1 aliphatic rings. The Balaban J connectivity index is 1.65. The van der Waals surface area contributed by atoms with Crippen LogP contribution in [-0.4, -0.2) is 15.7 Å². The predicted octanol–water partition coefficient (Wildman–Crippen LogP) is 6.64. The zero-order chi connectivity index (χ0) is 25.4. The lowest BCUT2D eigenvalue weighted by atomic mass is 9.84. The number of hydrogen-bond donors (Lipinski definition) is 2. The van der Waals surface area contributed by atoms with Crippen molar-refractivity contribution in [3.8, 4) is 0 Å². The minimum Gasteiger partial charge on any atom is -0.363 e. The highest BCUT2D eigenvalue weighted by Gasteiger charge is 2.39. The van der Waals surface area contributed by atoms with Crippen molar-refractivity contribution in [1.29, 1.82) is 0 Å². The van der Waals surface area contributed by atoms with Crippen LogP contribution >= 0.6 is 0 Å². The summed E-state index contributed by atoms with van der Waals surface area (Å²) in [5.74, 6) is 0.327. The fourth-order valence-electron chi connectivity index (χ4n) is 4.97. The largest absolute Gasteiger partial charge is 0.416 e. The van der Waals surface area contributed by atoms with Crippen LogP contribution in [0.5, 0.6) is 0 Å². The summed E-state index contributed by atoms with van der Waals surface area (Å²) in [4.78, 5) is 13.6. The first-order valence-electron chi connectivity index (χ1n) is 11.9. The molecule has 1 amide bonds. The van der Waals surface area contributed by atoms with Crippen LogP contribution < -0.4 is 10.6 Å². The monoisotopic (exact) mass is 484 g/mol. The highest BCUT2D eigenvalue weighted by atomic mass is 19.4. The minimum atomic E-state index is -4.41. The molecule has 186 valence electrons. The van der Waals surface area contributed by atoms with Gasteiger partial charge in [0.1, 0.15) is 11.4 Å². The highest BCUT2D eigenvalue weighted by Crippen LogP contribution is 2.40. The molecule has 1 aliphatic heterocycles. The van der Waals surface area contributed by atoms with Gasteiger partial charge in [0.2, 0.25) is 0 Å². The van der Waals surface area contributed by atoms with E-state index in [0.717, 1.165) is 24.1 Å². The minimum absolute atomic E-state index is 0.0129. The molecule has 0 saturated heterocycles. The Morgan fingerprint density at radius 3 is 2.23 bits per heavy atom. The number of nitrogens with one attached hydrogen (secondary N) is 2. The van der Waals surface area contributed by atoms with Crippen molar-refractivity contribution in [2.24, 2.45) is 0 Å². The second-order valence-corrected chi connectivity index (χ2v) is 9.76. The molecule has 2 aromatic carbocycles. The van der Waals surface area contributed by atoms with E-state index in [2.05, 4.69) is 41.7 Å². The van der Waals surface area contributed by atoms with E-state index in [1.54, 1.807) is 6.20 Å². The number of nitrogens with zero attached hydrogens (tertiary/aromatic N) is 2. The number of anilines is 1. The molecule has 1 aromatic heterocycles. The van der Waals surface area contributed by atoms with Crippen LogP contribution in [0.1, 0.15) is 80.0 Å². The van der Waals surface area contributed by atoms with Crippen molar-refractivity contribution in [1.82, 2.24) is 15.1 Å². The molecule has 2 heterocycles. The van der Waals surface area contributed by atoms with Crippen LogP contribution in [0, 0.1) is 0 Å². The number of fused-ring (bicyclic) bond motifs is 1. The van der Waals surface area contributed by atoms with E-state index < -0.39 is 17.3 Å². The first kappa shape index (κ1) is 24.8. The average molecular weight is 485 g/mol. The van der Waals surface area contributed by atoms with E-state index in [-0.39, 0.29) is 17.5 Å². The average Bonchev–Trinajstić information content (AvgIpc) is 3.28. The normalized spacial score (nSPS) is 17.4. The molecule has 2 N–H and O–H groups in total. The molecule has 0 bridgehead atoms. The van der Waals surface area contributed by atoms with Gasteiger partial charge in [0.05, 0.1) is 28.9 Å².